The fraction of sp³-hybridized carbons (Fsp3) is 0.615. The summed E-state index contributed by atoms with van der Waals surface area (Å²) in [6.45, 7) is 8.89. The van der Waals surface area contributed by atoms with E-state index in [-0.39, 0.29) is 5.82 Å². The highest BCUT2D eigenvalue weighted by atomic mass is 19.1. The lowest BCUT2D eigenvalue weighted by Crippen LogP contribution is -2.12. The zero-order chi connectivity index (χ0) is 11.5. The van der Waals surface area contributed by atoms with Crippen molar-refractivity contribution < 1.29 is 4.39 Å². The summed E-state index contributed by atoms with van der Waals surface area (Å²) in [6, 6.07) is 1.58. The average molecular weight is 209 g/mol. The van der Waals surface area contributed by atoms with Crippen LogP contribution in [0.1, 0.15) is 39.7 Å². The van der Waals surface area contributed by atoms with Gasteiger partial charge in [-0.25, -0.2) is 4.39 Å². The molecule has 84 valence electrons. The second kappa shape index (κ2) is 4.73. The van der Waals surface area contributed by atoms with Crippen molar-refractivity contribution in [2.24, 2.45) is 11.3 Å². The molecule has 2 heteroatoms. The molecule has 0 bridgehead atoms. The van der Waals surface area contributed by atoms with Crippen LogP contribution in [0.15, 0.2) is 18.5 Å². The van der Waals surface area contributed by atoms with Gasteiger partial charge in [-0.05, 0) is 35.8 Å². The molecule has 15 heavy (non-hydrogen) atoms. The van der Waals surface area contributed by atoms with Crippen LogP contribution in [0.2, 0.25) is 0 Å². The molecule has 1 rings (SSSR count). The highest BCUT2D eigenvalue weighted by molar-refractivity contribution is 5.10. The molecule has 0 saturated carbocycles. The fourth-order valence-corrected chi connectivity index (χ4v) is 2.09. The Morgan fingerprint density at radius 2 is 2.00 bits per heavy atom. The van der Waals surface area contributed by atoms with E-state index in [2.05, 4.69) is 32.7 Å². The van der Waals surface area contributed by atoms with Crippen molar-refractivity contribution in [3.05, 3.63) is 29.8 Å². The van der Waals surface area contributed by atoms with Crippen molar-refractivity contribution in [3.63, 3.8) is 0 Å². The molecule has 0 aliphatic rings. The topological polar surface area (TPSA) is 12.9 Å². The summed E-state index contributed by atoms with van der Waals surface area (Å²) in [5, 5.41) is 0. The van der Waals surface area contributed by atoms with Crippen LogP contribution in [0.3, 0.4) is 0 Å². The Hall–Kier alpha value is -0.920. The first-order chi connectivity index (χ1) is 6.87. The molecule has 1 unspecified atom stereocenters. The Labute approximate surface area is 91.7 Å². The van der Waals surface area contributed by atoms with E-state index < -0.39 is 0 Å². The first kappa shape index (κ1) is 12.2. The number of rotatable bonds is 3. The summed E-state index contributed by atoms with van der Waals surface area (Å²) in [6.07, 6.45) is 5.05. The monoisotopic (exact) mass is 209 g/mol. The standard InChI is InChI=1S/C13H20FN/c1-10(7-13(2,3)4)5-11-6-12(14)9-15-8-11/h6,8-10H,5,7H2,1-4H3. The van der Waals surface area contributed by atoms with Gasteiger partial charge in [-0.15, -0.1) is 0 Å². The molecule has 0 N–H and O–H groups in total. The predicted molar refractivity (Wildman–Crippen MR) is 61.1 cm³/mol. The maximum Gasteiger partial charge on any atom is 0.141 e. The lowest BCUT2D eigenvalue weighted by molar-refractivity contribution is 0.306. The molecule has 1 atom stereocenters. The first-order valence-corrected chi connectivity index (χ1v) is 5.46. The third kappa shape index (κ3) is 4.91. The van der Waals surface area contributed by atoms with E-state index in [9.17, 15) is 4.39 Å². The Morgan fingerprint density at radius 1 is 1.33 bits per heavy atom. The van der Waals surface area contributed by atoms with Crippen molar-refractivity contribution in [2.45, 2.75) is 40.5 Å². The summed E-state index contributed by atoms with van der Waals surface area (Å²) < 4.78 is 12.9. The molecular formula is C13H20FN. The zero-order valence-electron chi connectivity index (χ0n) is 10.0. The molecule has 0 saturated heterocycles. The van der Waals surface area contributed by atoms with Gasteiger partial charge in [0.05, 0.1) is 6.20 Å². The summed E-state index contributed by atoms with van der Waals surface area (Å²) in [5.74, 6) is 0.323. The van der Waals surface area contributed by atoms with Gasteiger partial charge in [-0.1, -0.05) is 27.7 Å². The Bertz CT molecular complexity index is 315. The Balaban J connectivity index is 2.55. The predicted octanol–water partition coefficient (Wildman–Crippen LogP) is 3.84. The smallest absolute Gasteiger partial charge is 0.141 e. The molecule has 0 amide bonds. The van der Waals surface area contributed by atoms with Gasteiger partial charge in [-0.2, -0.15) is 0 Å². The summed E-state index contributed by atoms with van der Waals surface area (Å²) in [7, 11) is 0. The van der Waals surface area contributed by atoms with Crippen LogP contribution >= 0.6 is 0 Å². The number of nitrogens with zero attached hydrogens (tertiary/aromatic N) is 1. The normalized spacial score (nSPS) is 13.9. The van der Waals surface area contributed by atoms with Gasteiger partial charge < -0.3 is 0 Å². The third-order valence-electron chi connectivity index (χ3n) is 2.31. The van der Waals surface area contributed by atoms with Gasteiger partial charge in [0, 0.05) is 6.20 Å². The average Bonchev–Trinajstić information content (AvgIpc) is 1.99. The van der Waals surface area contributed by atoms with Gasteiger partial charge in [-0.3, -0.25) is 4.98 Å². The summed E-state index contributed by atoms with van der Waals surface area (Å²) in [5.41, 5.74) is 1.33. The van der Waals surface area contributed by atoms with Gasteiger partial charge in [0.2, 0.25) is 0 Å². The number of hydrogen-bond acceptors (Lipinski definition) is 1. The molecule has 0 aliphatic carbocycles. The number of halogens is 1. The van der Waals surface area contributed by atoms with Crippen molar-refractivity contribution in [2.75, 3.05) is 0 Å². The number of aromatic nitrogens is 1. The van der Waals surface area contributed by atoms with E-state index in [0.29, 0.717) is 11.3 Å². The van der Waals surface area contributed by atoms with Gasteiger partial charge in [0.15, 0.2) is 0 Å². The molecule has 1 nitrogen and oxygen atoms in total. The van der Waals surface area contributed by atoms with Crippen LogP contribution in [0, 0.1) is 17.2 Å². The number of pyridine rings is 1. The van der Waals surface area contributed by atoms with E-state index in [0.717, 1.165) is 18.4 Å². The molecule has 0 fully saturated rings. The largest absolute Gasteiger partial charge is 0.261 e. The van der Waals surface area contributed by atoms with Crippen molar-refractivity contribution >= 4 is 0 Å². The minimum atomic E-state index is -0.240. The van der Waals surface area contributed by atoms with Crippen molar-refractivity contribution in [3.8, 4) is 0 Å². The van der Waals surface area contributed by atoms with E-state index in [1.807, 2.05) is 0 Å². The minimum Gasteiger partial charge on any atom is -0.261 e. The Morgan fingerprint density at radius 3 is 2.53 bits per heavy atom. The number of hydrogen-bond donors (Lipinski definition) is 0. The first-order valence-electron chi connectivity index (χ1n) is 5.46. The van der Waals surface area contributed by atoms with Gasteiger partial charge in [0.25, 0.3) is 0 Å². The summed E-state index contributed by atoms with van der Waals surface area (Å²) >= 11 is 0. The maximum absolute atomic E-state index is 12.9. The van der Waals surface area contributed by atoms with Crippen LogP contribution in [0.5, 0.6) is 0 Å². The van der Waals surface area contributed by atoms with Crippen LogP contribution in [0.4, 0.5) is 4.39 Å². The van der Waals surface area contributed by atoms with Crippen LogP contribution in [-0.2, 0) is 6.42 Å². The molecule has 0 spiro atoms. The van der Waals surface area contributed by atoms with E-state index in [1.165, 1.54) is 6.20 Å². The molecule has 0 aliphatic heterocycles. The molecule has 0 radical (unpaired) electrons. The highest BCUT2D eigenvalue weighted by Gasteiger charge is 2.15. The zero-order valence-corrected chi connectivity index (χ0v) is 10.0. The van der Waals surface area contributed by atoms with Crippen LogP contribution in [0.25, 0.3) is 0 Å². The highest BCUT2D eigenvalue weighted by Crippen LogP contribution is 2.26. The second-order valence-corrected chi connectivity index (χ2v) is 5.59. The lowest BCUT2D eigenvalue weighted by Gasteiger charge is -2.23. The van der Waals surface area contributed by atoms with E-state index >= 15 is 0 Å². The van der Waals surface area contributed by atoms with Crippen molar-refractivity contribution in [1.82, 2.24) is 4.98 Å². The van der Waals surface area contributed by atoms with Crippen LogP contribution < -0.4 is 0 Å². The second-order valence-electron chi connectivity index (χ2n) is 5.59. The van der Waals surface area contributed by atoms with E-state index in [1.54, 1.807) is 12.3 Å². The SMILES string of the molecule is CC(Cc1cncc(F)c1)CC(C)(C)C. The molecular weight excluding hydrogens is 189 g/mol. The van der Waals surface area contributed by atoms with Crippen LogP contribution in [-0.4, -0.2) is 4.98 Å². The molecule has 1 heterocycles. The van der Waals surface area contributed by atoms with Crippen molar-refractivity contribution in [1.29, 1.82) is 0 Å². The fourth-order valence-electron chi connectivity index (χ4n) is 2.09. The minimum absolute atomic E-state index is 0.240. The molecule has 0 aromatic carbocycles. The molecule has 1 aromatic rings. The van der Waals surface area contributed by atoms with Gasteiger partial charge in [0.1, 0.15) is 5.82 Å². The summed E-state index contributed by atoms with van der Waals surface area (Å²) in [4.78, 5) is 3.86. The quantitative estimate of drug-likeness (QED) is 0.737. The third-order valence-corrected chi connectivity index (χ3v) is 2.31. The maximum atomic E-state index is 12.9. The lowest BCUT2D eigenvalue weighted by atomic mass is 9.83. The Kier molecular flexibility index (Phi) is 3.83. The van der Waals surface area contributed by atoms with Gasteiger partial charge >= 0.3 is 0 Å². The van der Waals surface area contributed by atoms with E-state index in [4.69, 9.17) is 0 Å². The molecule has 1 aromatic heterocycles.